The molecule has 5 N–H and O–H groups in total. The van der Waals surface area contributed by atoms with Crippen LogP contribution in [0.4, 0.5) is 5.69 Å². The molecule has 1 aliphatic heterocycles. The number of fused-ring (bicyclic) bond motifs is 1. The van der Waals surface area contributed by atoms with Gasteiger partial charge in [-0.1, -0.05) is 6.07 Å². The predicted molar refractivity (Wildman–Crippen MR) is 105 cm³/mol. The van der Waals surface area contributed by atoms with E-state index in [1.165, 1.54) is 0 Å². The monoisotopic (exact) mass is 398 g/mol. The summed E-state index contributed by atoms with van der Waals surface area (Å²) in [5, 5.41) is 42.6. The Morgan fingerprint density at radius 2 is 1.86 bits per heavy atom. The normalized spacial score (nSPS) is 29.2. The molecule has 29 heavy (non-hydrogen) atoms. The number of hydrogen-bond donors (Lipinski definition) is 5. The van der Waals surface area contributed by atoms with Gasteiger partial charge in [0.25, 0.3) is 0 Å². The lowest BCUT2D eigenvalue weighted by molar-refractivity contribution is -0.245. The highest BCUT2D eigenvalue weighted by Gasteiger charge is 2.43. The Kier molecular flexibility index (Phi) is 5.44. The molecule has 2 unspecified atom stereocenters. The van der Waals surface area contributed by atoms with Crippen LogP contribution in [0.25, 0.3) is 11.6 Å². The highest BCUT2D eigenvalue weighted by molar-refractivity contribution is 6.27. The summed E-state index contributed by atoms with van der Waals surface area (Å²) in [4.78, 5) is 16.6. The number of anilines is 1. The van der Waals surface area contributed by atoms with Gasteiger partial charge in [0.15, 0.2) is 12.1 Å². The predicted octanol–water partition coefficient (Wildman–Crippen LogP) is -0.0408. The molecule has 152 valence electrons. The first-order valence-electron chi connectivity index (χ1n) is 9.33. The summed E-state index contributed by atoms with van der Waals surface area (Å²) < 4.78 is 5.16. The van der Waals surface area contributed by atoms with Gasteiger partial charge in [-0.15, -0.1) is 0 Å². The van der Waals surface area contributed by atoms with E-state index in [0.717, 1.165) is 16.7 Å². The fourth-order valence-corrected chi connectivity index (χ4v) is 3.71. The van der Waals surface area contributed by atoms with Gasteiger partial charge in [0.1, 0.15) is 24.4 Å². The number of ether oxygens (including phenoxy) is 1. The molecule has 0 bridgehead atoms. The molecule has 0 spiro atoms. The number of nitrogens with zero attached hydrogens (tertiary/aromatic N) is 1. The van der Waals surface area contributed by atoms with Gasteiger partial charge in [0, 0.05) is 30.1 Å². The van der Waals surface area contributed by atoms with Crippen LogP contribution in [0.1, 0.15) is 16.7 Å². The number of carbonyl (C=O) groups is 1. The Morgan fingerprint density at radius 1 is 1.10 bits per heavy atom. The number of carbonyl (C=O) groups excluding carboxylic acids is 1. The molecule has 5 atom stereocenters. The van der Waals surface area contributed by atoms with Crippen LogP contribution in [0.2, 0.25) is 0 Å². The zero-order chi connectivity index (χ0) is 20.5. The number of hydrogen-bond acceptors (Lipinski definition) is 8. The van der Waals surface area contributed by atoms with E-state index in [1.54, 1.807) is 36.7 Å². The number of aliphatic hydroxyl groups is 4. The minimum absolute atomic E-state index is 0.0110. The number of aliphatic hydroxyl groups excluding tert-OH is 4. The molecular weight excluding hydrogens is 376 g/mol. The van der Waals surface area contributed by atoms with Crippen LogP contribution in [0.15, 0.2) is 42.7 Å². The fourth-order valence-electron chi connectivity index (χ4n) is 3.71. The maximum Gasteiger partial charge on any atom is 0.178 e. The van der Waals surface area contributed by atoms with Crippen LogP contribution in [-0.4, -0.2) is 68.4 Å². The van der Waals surface area contributed by atoms with Crippen molar-refractivity contribution in [3.8, 4) is 0 Å². The van der Waals surface area contributed by atoms with Gasteiger partial charge in [-0.2, -0.15) is 0 Å². The number of allylic oxidation sites excluding steroid dienone is 1. The third-order valence-corrected chi connectivity index (χ3v) is 5.32. The lowest BCUT2D eigenvalue weighted by atomic mass is 9.87. The number of rotatable bonds is 4. The molecule has 0 amide bonds. The molecule has 1 aromatic carbocycles. The third-order valence-electron chi connectivity index (χ3n) is 5.32. The quantitative estimate of drug-likeness (QED) is 0.485. The third kappa shape index (κ3) is 3.81. The molecule has 1 aliphatic carbocycles. The van der Waals surface area contributed by atoms with E-state index in [1.807, 2.05) is 12.1 Å². The summed E-state index contributed by atoms with van der Waals surface area (Å²) in [5.41, 5.74) is 3.73. The molecule has 4 rings (SSSR count). The van der Waals surface area contributed by atoms with Gasteiger partial charge in [-0.3, -0.25) is 9.78 Å². The average molecular weight is 398 g/mol. The second-order valence-corrected chi connectivity index (χ2v) is 7.21. The van der Waals surface area contributed by atoms with Crippen molar-refractivity contribution in [3.05, 3.63) is 59.4 Å². The number of aromatic nitrogens is 1. The van der Waals surface area contributed by atoms with Gasteiger partial charge < -0.3 is 30.5 Å². The molecule has 2 heterocycles. The number of benzene rings is 1. The van der Waals surface area contributed by atoms with Crippen molar-refractivity contribution in [3.63, 3.8) is 0 Å². The summed E-state index contributed by atoms with van der Waals surface area (Å²) in [6.45, 7) is -0.519. The van der Waals surface area contributed by atoms with Gasteiger partial charge in [-0.25, -0.2) is 0 Å². The van der Waals surface area contributed by atoms with Crippen LogP contribution >= 0.6 is 0 Å². The zero-order valence-corrected chi connectivity index (χ0v) is 15.5. The number of pyridine rings is 1. The smallest absolute Gasteiger partial charge is 0.178 e. The van der Waals surface area contributed by atoms with Crippen molar-refractivity contribution in [2.75, 3.05) is 11.9 Å². The topological polar surface area (TPSA) is 132 Å². The molecular formula is C21H22N2O6. The van der Waals surface area contributed by atoms with Crippen molar-refractivity contribution in [1.29, 1.82) is 0 Å². The molecule has 1 fully saturated rings. The standard InChI is InChI=1S/C21H22N2O6/c24-10-17-19(26)20(27)18(21(28)29-17)23-14-2-1-12-8-15(11-3-5-22-6-4-11)16(25)9-13(12)7-14/h1-8,17-21,23-24,26-28H,9-10H2/t17?,18?,19-,20-,21-/m0/s1. The summed E-state index contributed by atoms with van der Waals surface area (Å²) in [5.74, 6) is -0.0110. The number of ketones is 1. The lowest BCUT2D eigenvalue weighted by Gasteiger charge is -2.40. The Labute approximate surface area is 167 Å². The maximum absolute atomic E-state index is 12.6. The van der Waals surface area contributed by atoms with E-state index >= 15 is 0 Å². The van der Waals surface area contributed by atoms with E-state index in [-0.39, 0.29) is 12.2 Å². The summed E-state index contributed by atoms with van der Waals surface area (Å²) in [6, 6.07) is 7.98. The van der Waals surface area contributed by atoms with Crippen LogP contribution in [0.5, 0.6) is 0 Å². The Balaban J connectivity index is 1.56. The minimum atomic E-state index is -1.42. The largest absolute Gasteiger partial charge is 0.394 e. The SMILES string of the molecule is O=C1Cc2cc(NC3[C@@H](O)OC(CO)[C@H](O)[C@H]3O)ccc2C=C1c1ccncc1. The van der Waals surface area contributed by atoms with E-state index in [0.29, 0.717) is 11.3 Å². The van der Waals surface area contributed by atoms with E-state index in [4.69, 9.17) is 9.84 Å². The zero-order valence-electron chi connectivity index (χ0n) is 15.5. The first-order chi connectivity index (χ1) is 14.0. The Hall–Kier alpha value is -2.62. The van der Waals surface area contributed by atoms with Crippen molar-refractivity contribution in [2.24, 2.45) is 0 Å². The lowest BCUT2D eigenvalue weighted by Crippen LogP contribution is -2.61. The molecule has 2 aliphatic rings. The van der Waals surface area contributed by atoms with Crippen molar-refractivity contribution >= 4 is 23.1 Å². The summed E-state index contributed by atoms with van der Waals surface area (Å²) in [7, 11) is 0. The Bertz CT molecular complexity index is 932. The molecule has 0 saturated carbocycles. The first kappa shape index (κ1) is 19.7. The second kappa shape index (κ2) is 8.02. The maximum atomic E-state index is 12.6. The summed E-state index contributed by atoms with van der Waals surface area (Å²) >= 11 is 0. The molecule has 8 heteroatoms. The Morgan fingerprint density at radius 3 is 2.59 bits per heavy atom. The molecule has 8 nitrogen and oxygen atoms in total. The highest BCUT2D eigenvalue weighted by atomic mass is 16.6. The number of nitrogens with one attached hydrogen (secondary N) is 1. The van der Waals surface area contributed by atoms with Gasteiger partial charge in [0.2, 0.25) is 0 Å². The van der Waals surface area contributed by atoms with Crippen molar-refractivity contribution < 1.29 is 30.0 Å². The molecule has 2 aromatic rings. The highest BCUT2D eigenvalue weighted by Crippen LogP contribution is 2.30. The second-order valence-electron chi connectivity index (χ2n) is 7.21. The average Bonchev–Trinajstić information content (AvgIpc) is 2.73. The van der Waals surface area contributed by atoms with Crippen molar-refractivity contribution in [1.82, 2.24) is 4.98 Å². The summed E-state index contributed by atoms with van der Waals surface area (Å²) in [6.07, 6.45) is 0.189. The van der Waals surface area contributed by atoms with Crippen molar-refractivity contribution in [2.45, 2.75) is 37.1 Å². The van der Waals surface area contributed by atoms with Crippen LogP contribution in [0, 0.1) is 0 Å². The first-order valence-corrected chi connectivity index (χ1v) is 9.33. The van der Waals surface area contributed by atoms with E-state index in [2.05, 4.69) is 10.3 Å². The van der Waals surface area contributed by atoms with Gasteiger partial charge >= 0.3 is 0 Å². The molecule has 1 saturated heterocycles. The van der Waals surface area contributed by atoms with Gasteiger partial charge in [0.05, 0.1) is 6.61 Å². The van der Waals surface area contributed by atoms with Crippen LogP contribution < -0.4 is 5.32 Å². The van der Waals surface area contributed by atoms with E-state index < -0.39 is 37.3 Å². The van der Waals surface area contributed by atoms with Crippen LogP contribution in [-0.2, 0) is 16.0 Å². The molecule has 1 aromatic heterocycles. The van der Waals surface area contributed by atoms with E-state index in [9.17, 15) is 20.1 Å². The fraction of sp³-hybridized carbons (Fsp3) is 0.333. The molecule has 0 radical (unpaired) electrons. The number of Topliss-reactive ketones (excluding diaryl/α,β-unsaturated/α-hetero) is 1. The van der Waals surface area contributed by atoms with Crippen LogP contribution in [0.3, 0.4) is 0 Å². The minimum Gasteiger partial charge on any atom is -0.394 e. The van der Waals surface area contributed by atoms with Gasteiger partial charge in [-0.05, 0) is 47.0 Å².